The van der Waals surface area contributed by atoms with E-state index in [4.69, 9.17) is 27.2 Å². The monoisotopic (exact) mass is 481 g/mol. The number of halogens is 4. The van der Waals surface area contributed by atoms with Crippen molar-refractivity contribution >= 4 is 27.6 Å². The van der Waals surface area contributed by atoms with Crippen LogP contribution in [-0.4, -0.2) is 37.2 Å². The predicted octanol–water partition coefficient (Wildman–Crippen LogP) is 3.61. The molecule has 1 aromatic heterocycles. The van der Waals surface area contributed by atoms with Crippen LogP contribution in [0.5, 0.6) is 0 Å². The third-order valence-corrected chi connectivity index (χ3v) is 5.49. The molecule has 2 rings (SSSR count). The standard InChI is InChI=1S/C17H22ClN3O2S.C2HF3O2/c1-12(2)14-4-6-15(7-5-14)16(19)10-21-24(22,23)11-13-3-8-17(18)20-9-13;3-2(4,5)1(6)7/h3-9,12,16,21H,10-11,19H2,1-2H3;(H,6,7). The summed E-state index contributed by atoms with van der Waals surface area (Å²) in [6.45, 7) is 4.38. The largest absolute Gasteiger partial charge is 0.490 e. The smallest absolute Gasteiger partial charge is 0.475 e. The maximum absolute atomic E-state index is 12.1. The Bertz CT molecular complexity index is 951. The molecule has 0 fully saturated rings. The molecule has 31 heavy (non-hydrogen) atoms. The third kappa shape index (κ3) is 10.1. The fraction of sp³-hybridized carbons (Fsp3) is 0.368. The second-order valence-electron chi connectivity index (χ2n) is 6.83. The Labute approximate surface area is 183 Å². The average Bonchev–Trinajstić information content (AvgIpc) is 2.67. The van der Waals surface area contributed by atoms with E-state index in [1.807, 2.05) is 24.3 Å². The summed E-state index contributed by atoms with van der Waals surface area (Å²) < 4.78 is 58.6. The van der Waals surface area contributed by atoms with E-state index in [0.717, 1.165) is 5.56 Å². The Morgan fingerprint density at radius 1 is 1.16 bits per heavy atom. The van der Waals surface area contributed by atoms with E-state index in [0.29, 0.717) is 16.6 Å². The van der Waals surface area contributed by atoms with Crippen LogP contribution in [0.25, 0.3) is 0 Å². The van der Waals surface area contributed by atoms with Crippen LogP contribution in [0.4, 0.5) is 13.2 Å². The number of rotatable bonds is 7. The van der Waals surface area contributed by atoms with E-state index in [1.54, 1.807) is 12.1 Å². The summed E-state index contributed by atoms with van der Waals surface area (Å²) in [6, 6.07) is 10.7. The van der Waals surface area contributed by atoms with Crippen molar-refractivity contribution in [1.82, 2.24) is 9.71 Å². The van der Waals surface area contributed by atoms with Crippen LogP contribution in [0.15, 0.2) is 42.6 Å². The molecule has 4 N–H and O–H groups in total. The Morgan fingerprint density at radius 3 is 2.10 bits per heavy atom. The summed E-state index contributed by atoms with van der Waals surface area (Å²) in [5.41, 5.74) is 8.78. The van der Waals surface area contributed by atoms with Gasteiger partial charge in [0.25, 0.3) is 0 Å². The summed E-state index contributed by atoms with van der Waals surface area (Å²) in [5.74, 6) is -2.47. The lowest BCUT2D eigenvalue weighted by atomic mass is 9.99. The number of pyridine rings is 1. The zero-order valence-electron chi connectivity index (χ0n) is 16.7. The number of hydrogen-bond acceptors (Lipinski definition) is 5. The van der Waals surface area contributed by atoms with Gasteiger partial charge in [0, 0.05) is 18.8 Å². The zero-order chi connectivity index (χ0) is 23.8. The lowest BCUT2D eigenvalue weighted by Gasteiger charge is -2.15. The van der Waals surface area contributed by atoms with Gasteiger partial charge < -0.3 is 10.8 Å². The van der Waals surface area contributed by atoms with Crippen molar-refractivity contribution in [3.8, 4) is 0 Å². The van der Waals surface area contributed by atoms with Crippen LogP contribution < -0.4 is 10.5 Å². The highest BCUT2D eigenvalue weighted by Crippen LogP contribution is 2.18. The van der Waals surface area contributed by atoms with Crippen molar-refractivity contribution in [2.45, 2.75) is 37.7 Å². The molecule has 1 atom stereocenters. The number of carboxylic acids is 1. The van der Waals surface area contributed by atoms with Gasteiger partial charge in [0.15, 0.2) is 0 Å². The Hall–Kier alpha value is -2.21. The highest BCUT2D eigenvalue weighted by molar-refractivity contribution is 7.88. The molecule has 12 heteroatoms. The summed E-state index contributed by atoms with van der Waals surface area (Å²) in [6.07, 6.45) is -3.63. The van der Waals surface area contributed by atoms with Crippen molar-refractivity contribution < 1.29 is 31.5 Å². The van der Waals surface area contributed by atoms with E-state index in [9.17, 15) is 21.6 Å². The second-order valence-corrected chi connectivity index (χ2v) is 9.02. The van der Waals surface area contributed by atoms with Crippen molar-refractivity contribution in [3.63, 3.8) is 0 Å². The number of carbonyl (C=O) groups is 1. The van der Waals surface area contributed by atoms with Crippen LogP contribution in [0.2, 0.25) is 5.15 Å². The minimum atomic E-state index is -5.08. The molecule has 1 unspecified atom stereocenters. The summed E-state index contributed by atoms with van der Waals surface area (Å²) in [7, 11) is -3.49. The number of nitrogens with one attached hydrogen (secondary N) is 1. The van der Waals surface area contributed by atoms with Gasteiger partial charge in [-0.2, -0.15) is 13.2 Å². The average molecular weight is 482 g/mol. The first-order chi connectivity index (χ1) is 14.2. The van der Waals surface area contributed by atoms with Crippen LogP contribution in [0, 0.1) is 0 Å². The van der Waals surface area contributed by atoms with Gasteiger partial charge in [-0.3, -0.25) is 0 Å². The van der Waals surface area contributed by atoms with E-state index >= 15 is 0 Å². The van der Waals surface area contributed by atoms with Crippen molar-refractivity contribution in [2.75, 3.05) is 6.54 Å². The van der Waals surface area contributed by atoms with Gasteiger partial charge in [0.1, 0.15) is 5.15 Å². The molecule has 0 bridgehead atoms. The third-order valence-electron chi connectivity index (χ3n) is 3.94. The number of aliphatic carboxylic acids is 1. The highest BCUT2D eigenvalue weighted by atomic mass is 35.5. The molecular formula is C19H23ClF3N3O4S. The number of hydrogen-bond donors (Lipinski definition) is 3. The normalized spacial score (nSPS) is 12.8. The number of aromatic nitrogens is 1. The van der Waals surface area contributed by atoms with Gasteiger partial charge in [-0.05, 0) is 28.7 Å². The van der Waals surface area contributed by atoms with E-state index in [-0.39, 0.29) is 12.3 Å². The van der Waals surface area contributed by atoms with E-state index in [2.05, 4.69) is 23.6 Å². The van der Waals surface area contributed by atoms with Crippen molar-refractivity contribution in [1.29, 1.82) is 0 Å². The molecular weight excluding hydrogens is 459 g/mol. The topological polar surface area (TPSA) is 122 Å². The van der Waals surface area contributed by atoms with Crippen LogP contribution in [0.1, 0.15) is 42.5 Å². The summed E-state index contributed by atoms with van der Waals surface area (Å²) in [5, 5.41) is 7.45. The SMILES string of the molecule is CC(C)c1ccc(C(N)CNS(=O)(=O)Cc2ccc(Cl)nc2)cc1.O=C(O)C(F)(F)F. The molecule has 0 amide bonds. The molecule has 172 valence electrons. The van der Waals surface area contributed by atoms with Gasteiger partial charge in [-0.25, -0.2) is 22.9 Å². The molecule has 0 saturated carbocycles. The Balaban J connectivity index is 0.000000592. The van der Waals surface area contributed by atoms with E-state index < -0.39 is 28.2 Å². The molecule has 0 aliphatic rings. The maximum atomic E-state index is 12.1. The van der Waals surface area contributed by atoms with Crippen molar-refractivity contribution in [2.24, 2.45) is 5.73 Å². The summed E-state index contributed by atoms with van der Waals surface area (Å²) >= 11 is 5.69. The van der Waals surface area contributed by atoms with E-state index in [1.165, 1.54) is 11.8 Å². The molecule has 0 radical (unpaired) electrons. The fourth-order valence-electron chi connectivity index (χ4n) is 2.22. The Morgan fingerprint density at radius 2 is 1.68 bits per heavy atom. The lowest BCUT2D eigenvalue weighted by molar-refractivity contribution is -0.192. The second kappa shape index (κ2) is 11.4. The van der Waals surface area contributed by atoms with Gasteiger partial charge in [0.05, 0.1) is 5.75 Å². The number of alkyl halides is 3. The van der Waals surface area contributed by atoms with Crippen LogP contribution in [-0.2, 0) is 20.6 Å². The predicted molar refractivity (Wildman–Crippen MR) is 111 cm³/mol. The quantitative estimate of drug-likeness (QED) is 0.519. The van der Waals surface area contributed by atoms with Crippen LogP contribution in [0.3, 0.4) is 0 Å². The fourth-order valence-corrected chi connectivity index (χ4v) is 3.48. The number of nitrogens with zero attached hydrogens (tertiary/aromatic N) is 1. The van der Waals surface area contributed by atoms with Gasteiger partial charge in [0.2, 0.25) is 10.0 Å². The number of nitrogens with two attached hydrogens (primary N) is 1. The first kappa shape index (κ1) is 26.8. The minimum Gasteiger partial charge on any atom is -0.475 e. The Kier molecular flexibility index (Phi) is 9.88. The maximum Gasteiger partial charge on any atom is 0.490 e. The molecule has 0 spiro atoms. The molecule has 0 aliphatic carbocycles. The highest BCUT2D eigenvalue weighted by Gasteiger charge is 2.38. The first-order valence-corrected chi connectivity index (χ1v) is 11.0. The number of carboxylic acid groups (broad SMARTS) is 1. The lowest BCUT2D eigenvalue weighted by Crippen LogP contribution is -2.32. The molecule has 2 aromatic rings. The molecule has 0 aliphatic heterocycles. The number of sulfonamides is 1. The molecule has 7 nitrogen and oxygen atoms in total. The van der Waals surface area contributed by atoms with Gasteiger partial charge in [-0.15, -0.1) is 0 Å². The molecule has 1 aromatic carbocycles. The minimum absolute atomic E-state index is 0.143. The molecule has 0 saturated heterocycles. The molecule has 1 heterocycles. The first-order valence-electron chi connectivity index (χ1n) is 8.94. The number of benzene rings is 1. The summed E-state index contributed by atoms with van der Waals surface area (Å²) in [4.78, 5) is 12.8. The van der Waals surface area contributed by atoms with Crippen molar-refractivity contribution in [3.05, 3.63) is 64.4 Å². The van der Waals surface area contributed by atoms with Gasteiger partial charge in [-0.1, -0.05) is 55.8 Å². The van der Waals surface area contributed by atoms with Gasteiger partial charge >= 0.3 is 12.1 Å². The van der Waals surface area contributed by atoms with Crippen LogP contribution >= 0.6 is 11.6 Å². The zero-order valence-corrected chi connectivity index (χ0v) is 18.3.